The summed E-state index contributed by atoms with van der Waals surface area (Å²) in [4.78, 5) is 0.0749. The van der Waals surface area contributed by atoms with Crippen LogP contribution in [0.5, 0.6) is 11.5 Å². The van der Waals surface area contributed by atoms with Crippen molar-refractivity contribution in [2.24, 2.45) is 0 Å². The number of benzene rings is 1. The van der Waals surface area contributed by atoms with Gasteiger partial charge >= 0.3 is 0 Å². The van der Waals surface area contributed by atoms with Crippen LogP contribution >= 0.6 is 12.4 Å². The zero-order valence-electron chi connectivity index (χ0n) is 11.8. The second-order valence-electron chi connectivity index (χ2n) is 3.77. The molecule has 0 aromatic heterocycles. The molecule has 0 saturated carbocycles. The minimum Gasteiger partial charge on any atom is -0.497 e. The molecule has 0 aliphatic rings. The molecule has 8 heteroatoms. The quantitative estimate of drug-likeness (QED) is 0.698. The van der Waals surface area contributed by atoms with Crippen molar-refractivity contribution >= 4 is 22.4 Å². The molecular weight excluding hydrogens is 304 g/mol. The van der Waals surface area contributed by atoms with Gasteiger partial charge in [0.1, 0.15) is 16.4 Å². The number of hydrogen-bond acceptors (Lipinski definition) is 5. The van der Waals surface area contributed by atoms with Crippen molar-refractivity contribution in [3.8, 4) is 11.5 Å². The predicted octanol–water partition coefficient (Wildman–Crippen LogP) is 1.01. The maximum atomic E-state index is 12.2. The monoisotopic (exact) mass is 324 g/mol. The minimum absolute atomic E-state index is 0. The highest BCUT2D eigenvalue weighted by Crippen LogP contribution is 2.27. The molecule has 0 saturated heterocycles. The molecule has 0 amide bonds. The minimum atomic E-state index is -3.61. The molecule has 6 nitrogen and oxygen atoms in total. The van der Waals surface area contributed by atoms with Gasteiger partial charge in [0, 0.05) is 19.2 Å². The van der Waals surface area contributed by atoms with Gasteiger partial charge in [0.25, 0.3) is 0 Å². The summed E-state index contributed by atoms with van der Waals surface area (Å²) in [5.74, 6) is 0.754. The topological polar surface area (TPSA) is 76.7 Å². The van der Waals surface area contributed by atoms with Crippen molar-refractivity contribution in [3.05, 3.63) is 18.2 Å². The maximum Gasteiger partial charge on any atom is 0.244 e. The number of ether oxygens (including phenoxy) is 2. The molecular formula is C12H21ClN2O4S. The Morgan fingerprint density at radius 2 is 1.85 bits per heavy atom. The fourth-order valence-corrected chi connectivity index (χ4v) is 2.74. The SMILES string of the molecule is CCNCCNS(=O)(=O)c1cc(OC)ccc1OC.Cl. The van der Waals surface area contributed by atoms with E-state index in [1.807, 2.05) is 6.92 Å². The maximum absolute atomic E-state index is 12.2. The lowest BCUT2D eigenvalue weighted by molar-refractivity contribution is 0.392. The number of sulfonamides is 1. The number of likely N-dealkylation sites (N-methyl/N-ethyl adjacent to an activating group) is 1. The number of halogens is 1. The fourth-order valence-electron chi connectivity index (χ4n) is 1.52. The van der Waals surface area contributed by atoms with Crippen LogP contribution in [0.4, 0.5) is 0 Å². The van der Waals surface area contributed by atoms with Gasteiger partial charge in [-0.15, -0.1) is 12.4 Å². The summed E-state index contributed by atoms with van der Waals surface area (Å²) >= 11 is 0. The average Bonchev–Trinajstić information content (AvgIpc) is 2.43. The molecule has 0 aliphatic carbocycles. The van der Waals surface area contributed by atoms with Crippen molar-refractivity contribution in [2.45, 2.75) is 11.8 Å². The van der Waals surface area contributed by atoms with Crippen LogP contribution in [-0.2, 0) is 10.0 Å². The highest BCUT2D eigenvalue weighted by atomic mass is 35.5. The van der Waals surface area contributed by atoms with Crippen LogP contribution in [-0.4, -0.2) is 42.3 Å². The fraction of sp³-hybridized carbons (Fsp3) is 0.500. The van der Waals surface area contributed by atoms with Crippen LogP contribution in [0, 0.1) is 0 Å². The van der Waals surface area contributed by atoms with Gasteiger partial charge in [0.15, 0.2) is 0 Å². The van der Waals surface area contributed by atoms with Crippen molar-refractivity contribution in [1.29, 1.82) is 0 Å². The third-order valence-corrected chi connectivity index (χ3v) is 3.99. The molecule has 1 rings (SSSR count). The van der Waals surface area contributed by atoms with Crippen molar-refractivity contribution in [2.75, 3.05) is 33.9 Å². The van der Waals surface area contributed by atoms with E-state index >= 15 is 0 Å². The molecule has 0 atom stereocenters. The Labute approximate surface area is 126 Å². The molecule has 0 unspecified atom stereocenters. The summed E-state index contributed by atoms with van der Waals surface area (Å²) < 4.78 is 36.9. The highest BCUT2D eigenvalue weighted by Gasteiger charge is 2.19. The first-order chi connectivity index (χ1) is 9.05. The van der Waals surface area contributed by atoms with Gasteiger partial charge in [-0.2, -0.15) is 0 Å². The molecule has 2 N–H and O–H groups in total. The van der Waals surface area contributed by atoms with Gasteiger partial charge < -0.3 is 14.8 Å². The van der Waals surface area contributed by atoms with Crippen molar-refractivity contribution in [3.63, 3.8) is 0 Å². The van der Waals surface area contributed by atoms with Gasteiger partial charge in [-0.25, -0.2) is 13.1 Å². The lowest BCUT2D eigenvalue weighted by Gasteiger charge is -2.12. The molecule has 0 heterocycles. The zero-order valence-corrected chi connectivity index (χ0v) is 13.4. The van der Waals surface area contributed by atoms with E-state index in [2.05, 4.69) is 10.0 Å². The predicted molar refractivity (Wildman–Crippen MR) is 80.5 cm³/mol. The average molecular weight is 325 g/mol. The van der Waals surface area contributed by atoms with E-state index in [-0.39, 0.29) is 23.1 Å². The first kappa shape index (κ1) is 19.0. The summed E-state index contributed by atoms with van der Waals surface area (Å²) in [7, 11) is -0.698. The number of nitrogens with one attached hydrogen (secondary N) is 2. The molecule has 116 valence electrons. The van der Waals surface area contributed by atoms with Crippen LogP contribution in [0.2, 0.25) is 0 Å². The summed E-state index contributed by atoms with van der Waals surface area (Å²) in [6, 6.07) is 4.66. The number of rotatable bonds is 8. The van der Waals surface area contributed by atoms with Gasteiger partial charge in [0.2, 0.25) is 10.0 Å². The Balaban J connectivity index is 0.00000361. The third-order valence-electron chi connectivity index (χ3n) is 2.50. The Morgan fingerprint density at radius 1 is 1.15 bits per heavy atom. The first-order valence-corrected chi connectivity index (χ1v) is 7.46. The van der Waals surface area contributed by atoms with Crippen LogP contribution in [0.15, 0.2) is 23.1 Å². The van der Waals surface area contributed by atoms with Gasteiger partial charge in [-0.1, -0.05) is 6.92 Å². The first-order valence-electron chi connectivity index (χ1n) is 5.97. The van der Waals surface area contributed by atoms with Crippen LogP contribution in [0.25, 0.3) is 0 Å². The summed E-state index contributed by atoms with van der Waals surface area (Å²) in [6.45, 7) is 3.64. The molecule has 1 aromatic carbocycles. The van der Waals surface area contributed by atoms with Crippen molar-refractivity contribution < 1.29 is 17.9 Å². The van der Waals surface area contributed by atoms with E-state index < -0.39 is 10.0 Å². The summed E-state index contributed by atoms with van der Waals surface area (Å²) in [5.41, 5.74) is 0. The van der Waals surface area contributed by atoms with Gasteiger partial charge in [0.05, 0.1) is 14.2 Å². The molecule has 0 spiro atoms. The molecule has 1 aromatic rings. The van der Waals surface area contributed by atoms with Gasteiger partial charge in [-0.3, -0.25) is 0 Å². The lowest BCUT2D eigenvalue weighted by atomic mass is 10.3. The lowest BCUT2D eigenvalue weighted by Crippen LogP contribution is -2.32. The Hall–Kier alpha value is -1.02. The molecule has 20 heavy (non-hydrogen) atoms. The van der Waals surface area contributed by atoms with E-state index in [4.69, 9.17) is 9.47 Å². The standard InChI is InChI=1S/C12H20N2O4S.ClH/c1-4-13-7-8-14-19(15,16)12-9-10(17-2)5-6-11(12)18-3;/h5-6,9,13-14H,4,7-8H2,1-3H3;1H. The van der Waals surface area contributed by atoms with E-state index in [1.54, 1.807) is 12.1 Å². The molecule has 0 aliphatic heterocycles. The number of methoxy groups -OCH3 is 2. The normalized spacial score (nSPS) is 10.8. The number of hydrogen-bond donors (Lipinski definition) is 2. The van der Waals surface area contributed by atoms with E-state index in [0.29, 0.717) is 18.8 Å². The van der Waals surface area contributed by atoms with E-state index in [9.17, 15) is 8.42 Å². The Kier molecular flexibility index (Phi) is 8.56. The second-order valence-corrected chi connectivity index (χ2v) is 5.50. The largest absolute Gasteiger partial charge is 0.497 e. The summed E-state index contributed by atoms with van der Waals surface area (Å²) in [5, 5.41) is 3.04. The smallest absolute Gasteiger partial charge is 0.244 e. The van der Waals surface area contributed by atoms with Crippen molar-refractivity contribution in [1.82, 2.24) is 10.0 Å². The Bertz CT molecular complexity index is 508. The van der Waals surface area contributed by atoms with Crippen LogP contribution < -0.4 is 19.5 Å². The molecule has 0 fully saturated rings. The Morgan fingerprint density at radius 3 is 2.40 bits per heavy atom. The summed E-state index contributed by atoms with van der Waals surface area (Å²) in [6.07, 6.45) is 0. The van der Waals surface area contributed by atoms with E-state index in [1.165, 1.54) is 20.3 Å². The highest BCUT2D eigenvalue weighted by molar-refractivity contribution is 7.89. The zero-order chi connectivity index (χ0) is 14.3. The molecule has 0 radical (unpaired) electrons. The third kappa shape index (κ3) is 5.16. The van der Waals surface area contributed by atoms with Crippen LogP contribution in [0.3, 0.4) is 0 Å². The second kappa shape index (κ2) is 9.02. The van der Waals surface area contributed by atoms with Gasteiger partial charge in [-0.05, 0) is 18.7 Å². The van der Waals surface area contributed by atoms with Crippen LogP contribution in [0.1, 0.15) is 6.92 Å². The van der Waals surface area contributed by atoms with E-state index in [0.717, 1.165) is 6.54 Å². The molecule has 0 bridgehead atoms.